The van der Waals surface area contributed by atoms with Crippen LogP contribution in [0.4, 0.5) is 24.5 Å². The van der Waals surface area contributed by atoms with Gasteiger partial charge in [0.1, 0.15) is 18.0 Å². The summed E-state index contributed by atoms with van der Waals surface area (Å²) in [6.45, 7) is 11.5. The van der Waals surface area contributed by atoms with Crippen molar-refractivity contribution in [1.29, 1.82) is 5.26 Å². The van der Waals surface area contributed by atoms with Gasteiger partial charge in [-0.05, 0) is 96.2 Å². The zero-order valence-corrected chi connectivity index (χ0v) is 24.3. The van der Waals surface area contributed by atoms with Crippen molar-refractivity contribution in [2.75, 3.05) is 24.7 Å². The molecule has 1 heterocycles. The lowest BCUT2D eigenvalue weighted by Gasteiger charge is -2.28. The minimum Gasteiger partial charge on any atom is -0.458 e. The first-order valence-corrected chi connectivity index (χ1v) is 13.4. The molecule has 0 N–H and O–H groups in total. The van der Waals surface area contributed by atoms with Gasteiger partial charge in [0.2, 0.25) is 0 Å². The summed E-state index contributed by atoms with van der Waals surface area (Å²) in [5.74, 6) is 0.214. The molecule has 41 heavy (non-hydrogen) atoms. The number of halogens is 3. The zero-order valence-electron chi connectivity index (χ0n) is 24.3. The van der Waals surface area contributed by atoms with E-state index in [1.165, 1.54) is 6.07 Å². The maximum absolute atomic E-state index is 13.8. The van der Waals surface area contributed by atoms with Crippen LogP contribution in [0, 0.1) is 32.1 Å². The van der Waals surface area contributed by atoms with Crippen molar-refractivity contribution in [2.24, 2.45) is 0 Å². The molecule has 0 spiro atoms. The standard InChI is InChI=1S/C31H36F3N3O4/c1-20-10-11-23(29-21(2)36-41-22(29)3)16-27(20)37(25-13-12-24(18-35)26(17-25)31(32,33)34)14-8-7-9-15-39-19-28(38)40-30(4,5)6/h10-13,16-17H,7-9,14-15,19H2,1-6H3. The molecule has 0 saturated carbocycles. The lowest BCUT2D eigenvalue weighted by Crippen LogP contribution is -2.26. The van der Waals surface area contributed by atoms with Crippen LogP contribution in [0.15, 0.2) is 40.9 Å². The van der Waals surface area contributed by atoms with Crippen LogP contribution in [0.1, 0.15) is 68.2 Å². The summed E-state index contributed by atoms with van der Waals surface area (Å²) in [6.07, 6.45) is -2.65. The SMILES string of the molecule is Cc1ccc(-c2c(C)noc2C)cc1N(CCCCCOCC(=O)OC(C)(C)C)c1ccc(C#N)c(C(F)(F)F)c1. The van der Waals surface area contributed by atoms with Gasteiger partial charge in [-0.3, -0.25) is 0 Å². The van der Waals surface area contributed by atoms with E-state index in [0.29, 0.717) is 43.1 Å². The first kappa shape index (κ1) is 31.7. The predicted octanol–water partition coefficient (Wildman–Crippen LogP) is 7.82. The van der Waals surface area contributed by atoms with E-state index in [-0.39, 0.29) is 6.61 Å². The second-order valence-electron chi connectivity index (χ2n) is 10.9. The van der Waals surface area contributed by atoms with Crippen molar-refractivity contribution in [2.45, 2.75) is 72.6 Å². The molecule has 7 nitrogen and oxygen atoms in total. The van der Waals surface area contributed by atoms with Gasteiger partial charge < -0.3 is 18.9 Å². The number of alkyl halides is 3. The predicted molar refractivity (Wildman–Crippen MR) is 150 cm³/mol. The topological polar surface area (TPSA) is 88.6 Å². The number of nitrogens with zero attached hydrogens (tertiary/aromatic N) is 3. The first-order chi connectivity index (χ1) is 19.2. The van der Waals surface area contributed by atoms with Crippen LogP contribution in [0.25, 0.3) is 11.1 Å². The van der Waals surface area contributed by atoms with Gasteiger partial charge in [-0.2, -0.15) is 18.4 Å². The molecule has 3 rings (SSSR count). The van der Waals surface area contributed by atoms with Gasteiger partial charge in [0, 0.05) is 30.1 Å². The maximum atomic E-state index is 13.8. The zero-order chi connectivity index (χ0) is 30.4. The monoisotopic (exact) mass is 571 g/mol. The van der Waals surface area contributed by atoms with Crippen LogP contribution in [-0.4, -0.2) is 36.5 Å². The molecule has 0 aliphatic heterocycles. The minimum atomic E-state index is -4.67. The Morgan fingerprint density at radius 2 is 1.78 bits per heavy atom. The van der Waals surface area contributed by atoms with E-state index in [4.69, 9.17) is 14.0 Å². The fourth-order valence-corrected chi connectivity index (χ4v) is 4.55. The summed E-state index contributed by atoms with van der Waals surface area (Å²) in [5.41, 5.74) is 2.35. The third-order valence-electron chi connectivity index (χ3n) is 6.37. The molecular weight excluding hydrogens is 535 g/mol. The number of nitriles is 1. The number of hydrogen-bond acceptors (Lipinski definition) is 7. The highest BCUT2D eigenvalue weighted by molar-refractivity contribution is 5.77. The Labute approximate surface area is 238 Å². The Morgan fingerprint density at radius 1 is 1.05 bits per heavy atom. The van der Waals surface area contributed by atoms with Crippen LogP contribution >= 0.6 is 0 Å². The van der Waals surface area contributed by atoms with E-state index < -0.39 is 28.9 Å². The number of unbranched alkanes of at least 4 members (excludes halogenated alkanes) is 2. The molecule has 0 saturated heterocycles. The van der Waals surface area contributed by atoms with E-state index in [1.807, 2.05) is 43.9 Å². The number of esters is 1. The number of anilines is 2. The molecule has 0 bridgehead atoms. The van der Waals surface area contributed by atoms with E-state index >= 15 is 0 Å². The summed E-state index contributed by atoms with van der Waals surface area (Å²) in [4.78, 5) is 13.7. The highest BCUT2D eigenvalue weighted by Crippen LogP contribution is 2.39. The number of carbonyl (C=O) groups excluding carboxylic acids is 1. The average Bonchev–Trinajstić information content (AvgIpc) is 3.22. The summed E-state index contributed by atoms with van der Waals surface area (Å²) in [7, 11) is 0. The molecular formula is C31H36F3N3O4. The van der Waals surface area contributed by atoms with E-state index in [9.17, 15) is 23.2 Å². The molecule has 0 aliphatic rings. The average molecular weight is 572 g/mol. The van der Waals surface area contributed by atoms with Gasteiger partial charge in [-0.1, -0.05) is 17.3 Å². The second-order valence-corrected chi connectivity index (χ2v) is 10.9. The maximum Gasteiger partial charge on any atom is 0.417 e. The van der Waals surface area contributed by atoms with Crippen molar-refractivity contribution in [3.05, 3.63) is 64.5 Å². The van der Waals surface area contributed by atoms with Crippen LogP contribution in [0.3, 0.4) is 0 Å². The van der Waals surface area contributed by atoms with Gasteiger partial charge in [-0.25, -0.2) is 4.79 Å². The summed E-state index contributed by atoms with van der Waals surface area (Å²) in [5, 5.41) is 13.3. The third kappa shape index (κ3) is 8.57. The molecule has 2 aromatic carbocycles. The molecule has 0 fully saturated rings. The number of benzene rings is 2. The van der Waals surface area contributed by atoms with Crippen molar-refractivity contribution in [3.63, 3.8) is 0 Å². The molecule has 3 aromatic rings. The Bertz CT molecular complexity index is 1380. The van der Waals surface area contributed by atoms with Gasteiger partial charge in [0.25, 0.3) is 0 Å². The molecule has 0 radical (unpaired) electrons. The van der Waals surface area contributed by atoms with E-state index in [0.717, 1.165) is 34.9 Å². The van der Waals surface area contributed by atoms with Crippen molar-refractivity contribution < 1.29 is 32.0 Å². The molecule has 0 unspecified atom stereocenters. The van der Waals surface area contributed by atoms with Crippen molar-refractivity contribution >= 4 is 17.3 Å². The van der Waals surface area contributed by atoms with Crippen LogP contribution in [0.5, 0.6) is 0 Å². The largest absolute Gasteiger partial charge is 0.458 e. The van der Waals surface area contributed by atoms with Crippen molar-refractivity contribution in [1.82, 2.24) is 5.16 Å². The molecule has 220 valence electrons. The highest BCUT2D eigenvalue weighted by atomic mass is 19.4. The summed E-state index contributed by atoms with van der Waals surface area (Å²) < 4.78 is 57.5. The molecule has 1 aromatic heterocycles. The Balaban J connectivity index is 1.83. The Kier molecular flexibility index (Phi) is 10.2. The Morgan fingerprint density at radius 3 is 2.39 bits per heavy atom. The second kappa shape index (κ2) is 13.2. The number of ether oxygens (including phenoxy) is 2. The van der Waals surface area contributed by atoms with Gasteiger partial charge in [0.15, 0.2) is 0 Å². The van der Waals surface area contributed by atoms with Crippen LogP contribution in [0.2, 0.25) is 0 Å². The molecule has 0 amide bonds. The highest BCUT2D eigenvalue weighted by Gasteiger charge is 2.34. The summed E-state index contributed by atoms with van der Waals surface area (Å²) in [6, 6.07) is 11.2. The van der Waals surface area contributed by atoms with Crippen LogP contribution in [-0.2, 0) is 20.4 Å². The number of rotatable bonds is 11. The molecule has 0 aliphatic carbocycles. The normalized spacial score (nSPS) is 11.8. The number of aromatic nitrogens is 1. The minimum absolute atomic E-state index is 0.136. The van der Waals surface area contributed by atoms with E-state index in [1.54, 1.807) is 32.9 Å². The Hall–Kier alpha value is -3.84. The number of carbonyl (C=O) groups is 1. The first-order valence-electron chi connectivity index (χ1n) is 13.4. The van der Waals surface area contributed by atoms with E-state index in [2.05, 4.69) is 5.16 Å². The molecule has 10 heteroatoms. The lowest BCUT2D eigenvalue weighted by atomic mass is 10.00. The third-order valence-corrected chi connectivity index (χ3v) is 6.37. The number of hydrogen-bond donors (Lipinski definition) is 0. The fraction of sp³-hybridized carbons (Fsp3) is 0.452. The smallest absolute Gasteiger partial charge is 0.417 e. The number of aryl methyl sites for hydroxylation is 3. The van der Waals surface area contributed by atoms with Crippen LogP contribution < -0.4 is 4.90 Å². The van der Waals surface area contributed by atoms with Gasteiger partial charge >= 0.3 is 12.1 Å². The molecule has 0 atom stereocenters. The van der Waals surface area contributed by atoms with Gasteiger partial charge in [-0.15, -0.1) is 0 Å². The fourth-order valence-electron chi connectivity index (χ4n) is 4.55. The lowest BCUT2D eigenvalue weighted by molar-refractivity contribution is -0.160. The van der Waals surface area contributed by atoms with Crippen molar-refractivity contribution in [3.8, 4) is 17.2 Å². The van der Waals surface area contributed by atoms with Gasteiger partial charge in [0.05, 0.1) is 22.9 Å². The quantitative estimate of drug-likeness (QED) is 0.171. The summed E-state index contributed by atoms with van der Waals surface area (Å²) >= 11 is 0.